The molecule has 0 aliphatic rings. The molecule has 0 aliphatic carbocycles. The lowest BCUT2D eigenvalue weighted by Gasteiger charge is -2.07. The summed E-state index contributed by atoms with van der Waals surface area (Å²) in [6.45, 7) is 4.51. The first-order valence-corrected chi connectivity index (χ1v) is 8.74. The number of hydrogen-bond acceptors (Lipinski definition) is 6. The van der Waals surface area contributed by atoms with Crippen molar-refractivity contribution in [1.82, 2.24) is 9.97 Å². The summed E-state index contributed by atoms with van der Waals surface area (Å²) in [5, 5.41) is 13.4. The van der Waals surface area contributed by atoms with Gasteiger partial charge in [0.05, 0.1) is 18.5 Å². The maximum atomic E-state index is 12.2. The lowest BCUT2D eigenvalue weighted by Crippen LogP contribution is -2.16. The first-order valence-electron chi connectivity index (χ1n) is 8.74. The Morgan fingerprint density at radius 2 is 2.07 bits per heavy atom. The van der Waals surface area contributed by atoms with Gasteiger partial charge in [0.25, 0.3) is 5.56 Å². The Kier molecular flexibility index (Phi) is 5.82. The fourth-order valence-corrected chi connectivity index (χ4v) is 2.67. The Morgan fingerprint density at radius 1 is 1.29 bits per heavy atom. The second-order valence-electron chi connectivity index (χ2n) is 5.94. The minimum Gasteiger partial charge on any atom is -0.494 e. The van der Waals surface area contributed by atoms with Crippen molar-refractivity contribution in [2.24, 2.45) is 5.10 Å². The molecule has 0 atom stereocenters. The molecular weight excluding hydrogens is 354 g/mol. The minimum atomic E-state index is -0.522. The van der Waals surface area contributed by atoms with Crippen molar-refractivity contribution in [3.05, 3.63) is 75.6 Å². The van der Waals surface area contributed by atoms with E-state index in [1.165, 1.54) is 0 Å². The summed E-state index contributed by atoms with van der Waals surface area (Å²) in [5.41, 5.74) is 5.01. The van der Waals surface area contributed by atoms with Gasteiger partial charge in [0.2, 0.25) is 5.95 Å². The summed E-state index contributed by atoms with van der Waals surface area (Å²) >= 11 is 0. The highest BCUT2D eigenvalue weighted by atomic mass is 16.5. The van der Waals surface area contributed by atoms with Gasteiger partial charge in [-0.25, -0.2) is 10.4 Å². The molecule has 0 bridgehead atoms. The number of ether oxygens (including phenoxy) is 1. The van der Waals surface area contributed by atoms with E-state index in [9.17, 15) is 10.1 Å². The quantitative estimate of drug-likeness (QED) is 0.509. The summed E-state index contributed by atoms with van der Waals surface area (Å²) in [6.07, 6.45) is 1.61. The predicted molar refractivity (Wildman–Crippen MR) is 109 cm³/mol. The molecule has 140 valence electrons. The molecule has 0 aliphatic heterocycles. The fourth-order valence-electron chi connectivity index (χ4n) is 2.67. The number of anilines is 1. The van der Waals surface area contributed by atoms with Crippen LogP contribution in [0.1, 0.15) is 23.6 Å². The number of aryl methyl sites for hydroxylation is 1. The van der Waals surface area contributed by atoms with Crippen LogP contribution in [0.15, 0.2) is 58.4 Å². The molecule has 2 aromatic carbocycles. The highest BCUT2D eigenvalue weighted by Gasteiger charge is 2.12. The lowest BCUT2D eigenvalue weighted by molar-refractivity contribution is 0.338. The number of nitrogens with zero attached hydrogens (tertiary/aromatic N) is 3. The summed E-state index contributed by atoms with van der Waals surface area (Å²) in [4.78, 5) is 19.1. The van der Waals surface area contributed by atoms with Gasteiger partial charge in [-0.05, 0) is 43.2 Å². The van der Waals surface area contributed by atoms with E-state index in [0.717, 1.165) is 16.9 Å². The Balaban J connectivity index is 1.84. The van der Waals surface area contributed by atoms with Gasteiger partial charge >= 0.3 is 0 Å². The lowest BCUT2D eigenvalue weighted by atomic mass is 10.1. The number of nitrogens with one attached hydrogen (secondary N) is 2. The maximum Gasteiger partial charge on any atom is 0.270 e. The number of aromatic nitrogens is 2. The Bertz CT molecular complexity index is 1100. The van der Waals surface area contributed by atoms with Crippen LogP contribution in [-0.4, -0.2) is 22.8 Å². The molecule has 0 unspecified atom stereocenters. The number of benzene rings is 2. The van der Waals surface area contributed by atoms with Crippen molar-refractivity contribution in [1.29, 1.82) is 5.26 Å². The Morgan fingerprint density at radius 3 is 2.75 bits per heavy atom. The Labute approximate surface area is 162 Å². The zero-order valence-electron chi connectivity index (χ0n) is 15.6. The van der Waals surface area contributed by atoms with Crippen molar-refractivity contribution in [2.45, 2.75) is 13.8 Å². The molecule has 3 aromatic rings. The van der Waals surface area contributed by atoms with Crippen LogP contribution in [0.25, 0.3) is 11.3 Å². The van der Waals surface area contributed by atoms with Gasteiger partial charge in [-0.3, -0.25) is 9.78 Å². The number of rotatable bonds is 6. The van der Waals surface area contributed by atoms with Crippen LogP contribution < -0.4 is 15.7 Å². The van der Waals surface area contributed by atoms with Crippen molar-refractivity contribution in [3.8, 4) is 23.1 Å². The van der Waals surface area contributed by atoms with Crippen LogP contribution in [-0.2, 0) is 0 Å². The van der Waals surface area contributed by atoms with E-state index in [2.05, 4.69) is 20.5 Å². The third-order valence-corrected chi connectivity index (χ3v) is 3.96. The van der Waals surface area contributed by atoms with Crippen LogP contribution in [0.5, 0.6) is 5.75 Å². The van der Waals surface area contributed by atoms with Crippen molar-refractivity contribution in [2.75, 3.05) is 12.0 Å². The third kappa shape index (κ3) is 4.24. The topological polar surface area (TPSA) is 103 Å². The second-order valence-corrected chi connectivity index (χ2v) is 5.94. The predicted octanol–water partition coefficient (Wildman–Crippen LogP) is 3.46. The minimum absolute atomic E-state index is 0.0390. The normalized spacial score (nSPS) is 10.6. The molecule has 0 spiro atoms. The molecule has 0 radical (unpaired) electrons. The van der Waals surface area contributed by atoms with E-state index in [1.54, 1.807) is 18.3 Å². The largest absolute Gasteiger partial charge is 0.494 e. The fraction of sp³-hybridized carbons (Fsp3) is 0.143. The van der Waals surface area contributed by atoms with Gasteiger partial charge in [0, 0.05) is 5.56 Å². The Hall–Kier alpha value is -3.92. The number of hydrazone groups is 1. The third-order valence-electron chi connectivity index (χ3n) is 3.96. The van der Waals surface area contributed by atoms with E-state index in [-0.39, 0.29) is 11.5 Å². The van der Waals surface area contributed by atoms with E-state index >= 15 is 0 Å². The van der Waals surface area contributed by atoms with Crippen LogP contribution in [0.4, 0.5) is 5.95 Å². The molecule has 28 heavy (non-hydrogen) atoms. The summed E-state index contributed by atoms with van der Waals surface area (Å²) in [5.74, 6) is 0.986. The second kappa shape index (κ2) is 8.64. The molecule has 0 fully saturated rings. The van der Waals surface area contributed by atoms with E-state index in [1.807, 2.05) is 56.3 Å². The first kappa shape index (κ1) is 18.9. The molecule has 3 rings (SSSR count). The van der Waals surface area contributed by atoms with Gasteiger partial charge in [0.15, 0.2) is 0 Å². The molecule has 1 heterocycles. The van der Waals surface area contributed by atoms with E-state index in [0.29, 0.717) is 17.9 Å². The summed E-state index contributed by atoms with van der Waals surface area (Å²) in [6, 6.07) is 16.7. The summed E-state index contributed by atoms with van der Waals surface area (Å²) < 4.78 is 5.52. The smallest absolute Gasteiger partial charge is 0.270 e. The van der Waals surface area contributed by atoms with Crippen LogP contribution in [0, 0.1) is 18.3 Å². The highest BCUT2D eigenvalue weighted by molar-refractivity contribution is 5.80. The van der Waals surface area contributed by atoms with E-state index < -0.39 is 5.56 Å². The van der Waals surface area contributed by atoms with Gasteiger partial charge in [-0.15, -0.1) is 0 Å². The molecule has 7 nitrogen and oxygen atoms in total. The monoisotopic (exact) mass is 373 g/mol. The van der Waals surface area contributed by atoms with Crippen molar-refractivity contribution in [3.63, 3.8) is 0 Å². The van der Waals surface area contributed by atoms with Crippen LogP contribution in [0.2, 0.25) is 0 Å². The highest BCUT2D eigenvalue weighted by Crippen LogP contribution is 2.20. The number of nitriles is 1. The average molecular weight is 373 g/mol. The molecule has 2 N–H and O–H groups in total. The summed E-state index contributed by atoms with van der Waals surface area (Å²) in [7, 11) is 0. The van der Waals surface area contributed by atoms with Crippen LogP contribution >= 0.6 is 0 Å². The van der Waals surface area contributed by atoms with Gasteiger partial charge in [-0.2, -0.15) is 10.4 Å². The molecule has 7 heteroatoms. The average Bonchev–Trinajstić information content (AvgIpc) is 2.70. The number of hydrogen-bond donors (Lipinski definition) is 2. The van der Waals surface area contributed by atoms with Crippen molar-refractivity contribution < 1.29 is 4.74 Å². The number of aromatic amines is 1. The molecule has 0 saturated carbocycles. The van der Waals surface area contributed by atoms with Crippen LogP contribution in [0.3, 0.4) is 0 Å². The molecular formula is C21H19N5O2. The van der Waals surface area contributed by atoms with Gasteiger partial charge < -0.3 is 4.74 Å². The maximum absolute atomic E-state index is 12.2. The zero-order valence-corrected chi connectivity index (χ0v) is 15.6. The van der Waals surface area contributed by atoms with Gasteiger partial charge in [0.1, 0.15) is 17.4 Å². The van der Waals surface area contributed by atoms with Crippen molar-refractivity contribution >= 4 is 12.2 Å². The van der Waals surface area contributed by atoms with E-state index in [4.69, 9.17) is 4.74 Å². The zero-order chi connectivity index (χ0) is 19.9. The first-order chi connectivity index (χ1) is 13.6. The van der Waals surface area contributed by atoms with Gasteiger partial charge in [-0.1, -0.05) is 30.3 Å². The molecule has 0 saturated heterocycles. The molecule has 0 amide bonds. The SMILES string of the molecule is CCOc1ccc(C=NNc2nc(-c3ccccc3)c(C#N)c(=O)[nH]2)cc1C. The number of H-pyrrole nitrogens is 1. The standard InChI is InChI=1S/C21H19N5O2/c1-3-28-18-10-9-15(11-14(18)2)13-23-26-21-24-19(16-7-5-4-6-8-16)17(12-22)20(27)25-21/h4-11,13H,3H2,1-2H3,(H2,24,25,26,27). The molecule has 1 aromatic heterocycles.